The molecular formula is C15H25N3O2. The van der Waals surface area contributed by atoms with E-state index in [1.54, 1.807) is 0 Å². The van der Waals surface area contributed by atoms with Gasteiger partial charge < -0.3 is 15.1 Å². The van der Waals surface area contributed by atoms with Crippen molar-refractivity contribution in [1.29, 1.82) is 0 Å². The second-order valence-electron chi connectivity index (χ2n) is 6.10. The van der Waals surface area contributed by atoms with Crippen molar-refractivity contribution >= 4 is 5.91 Å². The molecule has 0 aliphatic carbocycles. The van der Waals surface area contributed by atoms with Gasteiger partial charge in [0.1, 0.15) is 6.26 Å². The smallest absolute Gasteiger partial charge is 0.273 e. The largest absolute Gasteiger partial charge is 0.448 e. The summed E-state index contributed by atoms with van der Waals surface area (Å²) in [6, 6.07) is 0.154. The maximum absolute atomic E-state index is 12.1. The van der Waals surface area contributed by atoms with Crippen molar-refractivity contribution in [2.24, 2.45) is 5.92 Å². The van der Waals surface area contributed by atoms with Gasteiger partial charge in [0.2, 0.25) is 0 Å². The molecule has 2 heterocycles. The van der Waals surface area contributed by atoms with Gasteiger partial charge in [0, 0.05) is 12.0 Å². The zero-order chi connectivity index (χ0) is 14.5. The number of nitrogens with one attached hydrogen (secondary N) is 2. The van der Waals surface area contributed by atoms with Crippen molar-refractivity contribution in [2.45, 2.75) is 52.0 Å². The minimum atomic E-state index is -0.137. The molecule has 0 saturated carbocycles. The van der Waals surface area contributed by atoms with Crippen LogP contribution in [0.2, 0.25) is 0 Å². The molecule has 2 rings (SSSR count). The third kappa shape index (κ3) is 4.07. The molecule has 1 unspecified atom stereocenters. The Morgan fingerprint density at radius 2 is 2.15 bits per heavy atom. The van der Waals surface area contributed by atoms with Crippen LogP contribution in [0.25, 0.3) is 0 Å². The van der Waals surface area contributed by atoms with Crippen molar-refractivity contribution in [2.75, 3.05) is 13.1 Å². The minimum Gasteiger partial charge on any atom is -0.448 e. The van der Waals surface area contributed by atoms with Crippen LogP contribution in [0.4, 0.5) is 0 Å². The number of carbonyl (C=O) groups is 1. The second-order valence-corrected chi connectivity index (χ2v) is 6.10. The van der Waals surface area contributed by atoms with Crippen LogP contribution in [0.5, 0.6) is 0 Å². The quantitative estimate of drug-likeness (QED) is 0.868. The molecule has 0 spiro atoms. The Bertz CT molecular complexity index is 436. The van der Waals surface area contributed by atoms with E-state index in [4.69, 9.17) is 4.42 Å². The Labute approximate surface area is 120 Å². The number of nitrogens with zero attached hydrogens (tertiary/aromatic N) is 1. The fourth-order valence-electron chi connectivity index (χ4n) is 2.71. The van der Waals surface area contributed by atoms with Gasteiger partial charge >= 0.3 is 0 Å². The minimum absolute atomic E-state index is 0.137. The summed E-state index contributed by atoms with van der Waals surface area (Å²) in [6.45, 7) is 8.29. The predicted molar refractivity (Wildman–Crippen MR) is 77.7 cm³/mol. The molecule has 1 aromatic heterocycles. The SMILES string of the molecule is CC(C)CC(C)NC(=O)c1coc(C2CCNCC2)n1. The highest BCUT2D eigenvalue weighted by molar-refractivity contribution is 5.92. The van der Waals surface area contributed by atoms with Crippen molar-refractivity contribution in [1.82, 2.24) is 15.6 Å². The van der Waals surface area contributed by atoms with E-state index in [9.17, 15) is 4.79 Å². The molecular weight excluding hydrogens is 254 g/mol. The molecule has 1 aromatic rings. The van der Waals surface area contributed by atoms with Crippen molar-refractivity contribution in [3.8, 4) is 0 Å². The summed E-state index contributed by atoms with van der Waals surface area (Å²) in [6.07, 6.45) is 4.48. The Morgan fingerprint density at radius 3 is 2.80 bits per heavy atom. The number of hydrogen-bond donors (Lipinski definition) is 2. The zero-order valence-electron chi connectivity index (χ0n) is 12.6. The van der Waals surface area contributed by atoms with E-state index >= 15 is 0 Å². The van der Waals surface area contributed by atoms with E-state index < -0.39 is 0 Å². The summed E-state index contributed by atoms with van der Waals surface area (Å²) < 4.78 is 5.49. The van der Waals surface area contributed by atoms with Crippen LogP contribution < -0.4 is 10.6 Å². The fourth-order valence-corrected chi connectivity index (χ4v) is 2.71. The number of piperidine rings is 1. The summed E-state index contributed by atoms with van der Waals surface area (Å²) in [4.78, 5) is 16.4. The molecule has 1 atom stereocenters. The van der Waals surface area contributed by atoms with Crippen LogP contribution in [-0.2, 0) is 0 Å². The summed E-state index contributed by atoms with van der Waals surface area (Å²) in [5.74, 6) is 1.47. The number of oxazole rings is 1. The molecule has 1 aliphatic heterocycles. The molecule has 1 amide bonds. The lowest BCUT2D eigenvalue weighted by Gasteiger charge is -2.19. The fraction of sp³-hybridized carbons (Fsp3) is 0.733. The highest BCUT2D eigenvalue weighted by Gasteiger charge is 2.22. The summed E-state index contributed by atoms with van der Waals surface area (Å²) in [7, 11) is 0. The Morgan fingerprint density at radius 1 is 1.45 bits per heavy atom. The summed E-state index contributed by atoms with van der Waals surface area (Å²) in [5.41, 5.74) is 0.397. The van der Waals surface area contributed by atoms with E-state index in [1.807, 2.05) is 6.92 Å². The highest BCUT2D eigenvalue weighted by atomic mass is 16.3. The second kappa shape index (κ2) is 6.88. The summed E-state index contributed by atoms with van der Waals surface area (Å²) >= 11 is 0. The molecule has 0 radical (unpaired) electrons. The average molecular weight is 279 g/mol. The number of aromatic nitrogens is 1. The number of hydrogen-bond acceptors (Lipinski definition) is 4. The standard InChI is InChI=1S/C15H25N3O2/c1-10(2)8-11(3)17-14(19)13-9-20-15(18-13)12-4-6-16-7-5-12/h9-12,16H,4-8H2,1-3H3,(H,17,19). The van der Waals surface area contributed by atoms with Crippen LogP contribution in [0.15, 0.2) is 10.7 Å². The van der Waals surface area contributed by atoms with Gasteiger partial charge in [0.05, 0.1) is 0 Å². The molecule has 2 N–H and O–H groups in total. The lowest BCUT2D eigenvalue weighted by molar-refractivity contribution is 0.0931. The average Bonchev–Trinajstić information content (AvgIpc) is 2.88. The highest BCUT2D eigenvalue weighted by Crippen LogP contribution is 2.24. The van der Waals surface area contributed by atoms with E-state index in [2.05, 4.69) is 29.5 Å². The van der Waals surface area contributed by atoms with E-state index in [1.165, 1.54) is 6.26 Å². The third-order valence-corrected chi connectivity index (χ3v) is 3.65. The van der Waals surface area contributed by atoms with Crippen molar-refractivity contribution in [3.05, 3.63) is 17.8 Å². The van der Waals surface area contributed by atoms with Gasteiger partial charge in [0.25, 0.3) is 5.91 Å². The van der Waals surface area contributed by atoms with E-state index in [0.29, 0.717) is 23.4 Å². The molecule has 1 saturated heterocycles. The number of amides is 1. The Kier molecular flexibility index (Phi) is 5.17. The van der Waals surface area contributed by atoms with Crippen LogP contribution in [0.3, 0.4) is 0 Å². The van der Waals surface area contributed by atoms with E-state index in [-0.39, 0.29) is 11.9 Å². The lowest BCUT2D eigenvalue weighted by Crippen LogP contribution is -2.33. The van der Waals surface area contributed by atoms with Gasteiger partial charge in [-0.2, -0.15) is 0 Å². The molecule has 1 aliphatic rings. The first-order chi connectivity index (χ1) is 9.56. The Balaban J connectivity index is 1.92. The van der Waals surface area contributed by atoms with Crippen LogP contribution >= 0.6 is 0 Å². The van der Waals surface area contributed by atoms with Gasteiger partial charge in [-0.3, -0.25) is 4.79 Å². The van der Waals surface area contributed by atoms with Crippen LogP contribution in [-0.4, -0.2) is 30.0 Å². The summed E-state index contributed by atoms with van der Waals surface area (Å²) in [5, 5.41) is 6.28. The molecule has 1 fully saturated rings. The van der Waals surface area contributed by atoms with Gasteiger partial charge in [-0.25, -0.2) is 4.98 Å². The molecule has 20 heavy (non-hydrogen) atoms. The lowest BCUT2D eigenvalue weighted by atomic mass is 9.98. The maximum Gasteiger partial charge on any atom is 0.273 e. The maximum atomic E-state index is 12.1. The third-order valence-electron chi connectivity index (χ3n) is 3.65. The van der Waals surface area contributed by atoms with Gasteiger partial charge in [0.15, 0.2) is 11.6 Å². The van der Waals surface area contributed by atoms with Gasteiger partial charge in [-0.15, -0.1) is 0 Å². The monoisotopic (exact) mass is 279 g/mol. The molecule has 5 nitrogen and oxygen atoms in total. The van der Waals surface area contributed by atoms with Gasteiger partial charge in [-0.05, 0) is 45.2 Å². The van der Waals surface area contributed by atoms with Crippen molar-refractivity contribution in [3.63, 3.8) is 0 Å². The first-order valence-electron chi connectivity index (χ1n) is 7.53. The topological polar surface area (TPSA) is 67.2 Å². The zero-order valence-corrected chi connectivity index (χ0v) is 12.6. The first kappa shape index (κ1) is 15.0. The predicted octanol–water partition coefficient (Wildman–Crippen LogP) is 2.31. The molecule has 0 bridgehead atoms. The normalized spacial score (nSPS) is 18.2. The van der Waals surface area contributed by atoms with E-state index in [0.717, 1.165) is 32.4 Å². The number of rotatable bonds is 5. The Hall–Kier alpha value is -1.36. The van der Waals surface area contributed by atoms with Crippen LogP contribution in [0, 0.1) is 5.92 Å². The molecule has 5 heteroatoms. The first-order valence-corrected chi connectivity index (χ1v) is 7.53. The van der Waals surface area contributed by atoms with Gasteiger partial charge in [-0.1, -0.05) is 13.8 Å². The molecule has 112 valence electrons. The number of carbonyl (C=O) groups excluding carboxylic acids is 1. The van der Waals surface area contributed by atoms with Crippen molar-refractivity contribution < 1.29 is 9.21 Å². The van der Waals surface area contributed by atoms with Crippen LogP contribution in [0.1, 0.15) is 62.3 Å². The molecule has 0 aromatic carbocycles.